The van der Waals surface area contributed by atoms with Gasteiger partial charge < -0.3 is 15.1 Å². The molecule has 6 heteroatoms. The molecule has 4 nitrogen and oxygen atoms in total. The van der Waals surface area contributed by atoms with Crippen molar-refractivity contribution >= 4 is 36.4 Å². The summed E-state index contributed by atoms with van der Waals surface area (Å²) in [6, 6.07) is 10.5. The number of hydrogen-bond acceptors (Lipinski definition) is 3. The molecule has 3 fully saturated rings. The first kappa shape index (κ1) is 19.4. The van der Waals surface area contributed by atoms with Gasteiger partial charge in [-0.15, -0.1) is 24.8 Å². The standard InChI is InChI=1S/C18H25N3O.2ClH/c22-17(16-14-18(16)6-8-19-9-7-18)21-12-10-20(11-13-21)15-4-2-1-3-5-15;;/h1-5,16,19H,6-14H2;2*1H. The molecular weight excluding hydrogens is 345 g/mol. The second-order valence-corrected chi connectivity index (χ2v) is 7.02. The van der Waals surface area contributed by atoms with Crippen LogP contribution in [0.4, 0.5) is 5.69 Å². The van der Waals surface area contributed by atoms with Crippen LogP contribution in [-0.4, -0.2) is 50.1 Å². The Morgan fingerprint density at radius 3 is 2.25 bits per heavy atom. The van der Waals surface area contributed by atoms with E-state index < -0.39 is 0 Å². The molecule has 1 saturated carbocycles. The predicted octanol–water partition coefficient (Wildman–Crippen LogP) is 2.57. The van der Waals surface area contributed by atoms with Gasteiger partial charge >= 0.3 is 0 Å². The highest BCUT2D eigenvalue weighted by Gasteiger charge is 2.58. The van der Waals surface area contributed by atoms with Crippen molar-refractivity contribution in [1.29, 1.82) is 0 Å². The summed E-state index contributed by atoms with van der Waals surface area (Å²) in [7, 11) is 0. The van der Waals surface area contributed by atoms with E-state index in [1.807, 2.05) is 0 Å². The van der Waals surface area contributed by atoms with Crippen molar-refractivity contribution in [1.82, 2.24) is 10.2 Å². The van der Waals surface area contributed by atoms with Gasteiger partial charge in [-0.05, 0) is 49.9 Å². The fourth-order valence-corrected chi connectivity index (χ4v) is 4.22. The van der Waals surface area contributed by atoms with Crippen LogP contribution in [0.5, 0.6) is 0 Å². The highest BCUT2D eigenvalue weighted by Crippen LogP contribution is 2.59. The van der Waals surface area contributed by atoms with Gasteiger partial charge in [-0.25, -0.2) is 0 Å². The minimum atomic E-state index is 0. The van der Waals surface area contributed by atoms with Gasteiger partial charge in [-0.1, -0.05) is 18.2 Å². The largest absolute Gasteiger partial charge is 0.368 e. The van der Waals surface area contributed by atoms with Crippen molar-refractivity contribution in [2.75, 3.05) is 44.2 Å². The zero-order chi connectivity index (χ0) is 15.0. The molecule has 2 heterocycles. The number of para-hydroxylation sites is 1. The SMILES string of the molecule is Cl.Cl.O=C(C1CC12CCNCC2)N1CCN(c2ccccc2)CC1. The zero-order valence-electron chi connectivity index (χ0n) is 13.9. The molecule has 2 saturated heterocycles. The quantitative estimate of drug-likeness (QED) is 0.867. The predicted molar refractivity (Wildman–Crippen MR) is 102 cm³/mol. The van der Waals surface area contributed by atoms with E-state index in [0.29, 0.717) is 17.2 Å². The number of benzene rings is 1. The van der Waals surface area contributed by atoms with Crippen LogP contribution in [0.1, 0.15) is 19.3 Å². The van der Waals surface area contributed by atoms with Crippen molar-refractivity contribution < 1.29 is 4.79 Å². The van der Waals surface area contributed by atoms with Crippen molar-refractivity contribution in [3.05, 3.63) is 30.3 Å². The number of piperidine rings is 1. The lowest BCUT2D eigenvalue weighted by atomic mass is 9.91. The highest BCUT2D eigenvalue weighted by atomic mass is 35.5. The first-order valence-corrected chi connectivity index (χ1v) is 8.58. The average molecular weight is 372 g/mol. The van der Waals surface area contributed by atoms with Crippen molar-refractivity contribution in [3.63, 3.8) is 0 Å². The number of nitrogens with zero attached hydrogens (tertiary/aromatic N) is 2. The number of hydrogen-bond donors (Lipinski definition) is 1. The first-order chi connectivity index (χ1) is 10.8. The third-order valence-corrected chi connectivity index (χ3v) is 5.80. The van der Waals surface area contributed by atoms with Crippen LogP contribution in [0.2, 0.25) is 0 Å². The molecule has 1 unspecified atom stereocenters. The Kier molecular flexibility index (Phi) is 6.40. The number of halogens is 2. The lowest BCUT2D eigenvalue weighted by molar-refractivity contribution is -0.133. The molecule has 1 N–H and O–H groups in total. The van der Waals surface area contributed by atoms with Gasteiger partial charge in [0.15, 0.2) is 0 Å². The molecule has 1 aromatic carbocycles. The normalized spacial score (nSPS) is 24.8. The molecule has 0 aromatic heterocycles. The van der Waals surface area contributed by atoms with Gasteiger partial charge in [0.05, 0.1) is 0 Å². The van der Waals surface area contributed by atoms with E-state index in [1.165, 1.54) is 18.5 Å². The van der Waals surface area contributed by atoms with Gasteiger partial charge in [0, 0.05) is 37.8 Å². The summed E-state index contributed by atoms with van der Waals surface area (Å²) >= 11 is 0. The molecule has 2 aliphatic heterocycles. The van der Waals surface area contributed by atoms with Gasteiger partial charge in [0.2, 0.25) is 5.91 Å². The summed E-state index contributed by atoms with van der Waals surface area (Å²) in [6.07, 6.45) is 3.51. The summed E-state index contributed by atoms with van der Waals surface area (Å²) in [5.74, 6) is 0.743. The van der Waals surface area contributed by atoms with E-state index in [4.69, 9.17) is 0 Å². The van der Waals surface area contributed by atoms with Gasteiger partial charge in [0.25, 0.3) is 0 Å². The van der Waals surface area contributed by atoms with E-state index in [2.05, 4.69) is 45.4 Å². The molecule has 24 heavy (non-hydrogen) atoms. The molecule has 0 bridgehead atoms. The van der Waals surface area contributed by atoms with Crippen LogP contribution in [0.15, 0.2) is 30.3 Å². The number of piperazine rings is 1. The minimum absolute atomic E-state index is 0. The third-order valence-electron chi connectivity index (χ3n) is 5.80. The highest BCUT2D eigenvalue weighted by molar-refractivity contribution is 5.85. The Balaban J connectivity index is 0.00000104. The number of carbonyl (C=O) groups is 1. The van der Waals surface area contributed by atoms with Crippen molar-refractivity contribution in [2.24, 2.45) is 11.3 Å². The zero-order valence-corrected chi connectivity index (χ0v) is 15.6. The Labute approximate surface area is 156 Å². The maximum Gasteiger partial charge on any atom is 0.226 e. The second kappa shape index (κ2) is 7.94. The van der Waals surface area contributed by atoms with Crippen molar-refractivity contribution in [3.8, 4) is 0 Å². The van der Waals surface area contributed by atoms with E-state index in [-0.39, 0.29) is 24.8 Å². The molecule has 1 aromatic rings. The summed E-state index contributed by atoms with van der Waals surface area (Å²) in [4.78, 5) is 17.3. The number of amides is 1. The lowest BCUT2D eigenvalue weighted by Gasteiger charge is -2.37. The Morgan fingerprint density at radius 1 is 1.00 bits per heavy atom. The second-order valence-electron chi connectivity index (χ2n) is 7.02. The van der Waals surface area contributed by atoms with Crippen LogP contribution < -0.4 is 10.2 Å². The van der Waals surface area contributed by atoms with Crippen molar-refractivity contribution in [2.45, 2.75) is 19.3 Å². The van der Waals surface area contributed by atoms with E-state index in [9.17, 15) is 4.79 Å². The van der Waals surface area contributed by atoms with E-state index in [0.717, 1.165) is 45.7 Å². The number of anilines is 1. The van der Waals surface area contributed by atoms with E-state index >= 15 is 0 Å². The maximum absolute atomic E-state index is 12.8. The molecule has 1 amide bonds. The Bertz CT molecular complexity index is 540. The fourth-order valence-electron chi connectivity index (χ4n) is 4.22. The summed E-state index contributed by atoms with van der Waals surface area (Å²) in [5, 5.41) is 3.41. The number of nitrogens with one attached hydrogen (secondary N) is 1. The molecule has 0 radical (unpaired) electrons. The first-order valence-electron chi connectivity index (χ1n) is 8.58. The smallest absolute Gasteiger partial charge is 0.226 e. The minimum Gasteiger partial charge on any atom is -0.368 e. The van der Waals surface area contributed by atoms with Crippen LogP contribution in [-0.2, 0) is 4.79 Å². The van der Waals surface area contributed by atoms with Crippen LogP contribution in [0.25, 0.3) is 0 Å². The lowest BCUT2D eigenvalue weighted by Crippen LogP contribution is -2.49. The summed E-state index contributed by atoms with van der Waals surface area (Å²) in [5.41, 5.74) is 1.63. The fraction of sp³-hybridized carbons (Fsp3) is 0.611. The third kappa shape index (κ3) is 3.66. The summed E-state index contributed by atoms with van der Waals surface area (Å²) in [6.45, 7) is 5.84. The van der Waals surface area contributed by atoms with Gasteiger partial charge in [0.1, 0.15) is 0 Å². The van der Waals surface area contributed by atoms with Crippen LogP contribution in [0.3, 0.4) is 0 Å². The molecule has 134 valence electrons. The van der Waals surface area contributed by atoms with Crippen LogP contribution in [0, 0.1) is 11.3 Å². The maximum atomic E-state index is 12.8. The monoisotopic (exact) mass is 371 g/mol. The van der Waals surface area contributed by atoms with Crippen LogP contribution >= 0.6 is 24.8 Å². The van der Waals surface area contributed by atoms with Gasteiger partial charge in [-0.3, -0.25) is 4.79 Å². The molecular formula is C18H27Cl2N3O. The average Bonchev–Trinajstić information content (AvgIpc) is 3.29. The molecule has 1 spiro atoms. The number of carbonyl (C=O) groups excluding carboxylic acids is 1. The summed E-state index contributed by atoms with van der Waals surface area (Å²) < 4.78 is 0. The number of rotatable bonds is 2. The van der Waals surface area contributed by atoms with E-state index in [1.54, 1.807) is 0 Å². The molecule has 4 rings (SSSR count). The molecule has 1 atom stereocenters. The van der Waals surface area contributed by atoms with Gasteiger partial charge in [-0.2, -0.15) is 0 Å². The molecule has 3 aliphatic rings. The molecule has 1 aliphatic carbocycles. The topological polar surface area (TPSA) is 35.6 Å². The Morgan fingerprint density at radius 2 is 1.62 bits per heavy atom. The Hall–Kier alpha value is -0.970.